The number of anilines is 1. The number of nitrogens with one attached hydrogen (secondary N) is 2. The number of halogens is 1. The van der Waals surface area contributed by atoms with E-state index >= 15 is 0 Å². The molecule has 0 saturated carbocycles. The molecule has 0 fully saturated rings. The number of benzene rings is 2. The maximum atomic E-state index is 12.4. The minimum atomic E-state index is -0.301. The second-order valence-corrected chi connectivity index (χ2v) is 6.32. The van der Waals surface area contributed by atoms with Crippen LogP contribution in [0, 0.1) is 0 Å². The van der Waals surface area contributed by atoms with Crippen LogP contribution in [0.5, 0.6) is 0 Å². The number of nitrogens with zero attached hydrogens (tertiary/aromatic N) is 1. The fourth-order valence-corrected chi connectivity index (χ4v) is 3.83. The van der Waals surface area contributed by atoms with Crippen molar-refractivity contribution in [3.63, 3.8) is 0 Å². The monoisotopic (exact) mass is 337 g/mol. The van der Waals surface area contributed by atoms with Crippen molar-refractivity contribution in [2.24, 2.45) is 0 Å². The van der Waals surface area contributed by atoms with Gasteiger partial charge < -0.3 is 10.1 Å². The molecular formula is C18H12ClN3O2. The van der Waals surface area contributed by atoms with Crippen molar-refractivity contribution in [1.82, 2.24) is 10.2 Å². The van der Waals surface area contributed by atoms with Crippen molar-refractivity contribution in [3.8, 4) is 0 Å². The van der Waals surface area contributed by atoms with E-state index in [-0.39, 0.29) is 18.5 Å². The number of ether oxygens (including phenoxy) is 1. The van der Waals surface area contributed by atoms with Crippen LogP contribution < -0.4 is 5.32 Å². The number of hydrogen-bond donors (Lipinski definition) is 2. The van der Waals surface area contributed by atoms with E-state index in [1.165, 1.54) is 0 Å². The first-order valence-corrected chi connectivity index (χ1v) is 7.99. The molecule has 0 saturated heterocycles. The summed E-state index contributed by atoms with van der Waals surface area (Å²) in [4.78, 5) is 12.4. The van der Waals surface area contributed by atoms with Gasteiger partial charge in [-0.15, -0.1) is 0 Å². The third-order valence-corrected chi connectivity index (χ3v) is 4.97. The van der Waals surface area contributed by atoms with Crippen LogP contribution in [0.4, 0.5) is 5.69 Å². The van der Waals surface area contributed by atoms with Gasteiger partial charge in [-0.3, -0.25) is 5.10 Å². The highest BCUT2D eigenvalue weighted by Crippen LogP contribution is 2.48. The first-order valence-electron chi connectivity index (χ1n) is 7.61. The predicted octanol–water partition coefficient (Wildman–Crippen LogP) is 3.58. The Labute approximate surface area is 142 Å². The summed E-state index contributed by atoms with van der Waals surface area (Å²) in [6.07, 6.45) is 1.77. The molecule has 2 N–H and O–H groups in total. The lowest BCUT2D eigenvalue weighted by Gasteiger charge is -2.28. The fourth-order valence-electron chi connectivity index (χ4n) is 3.58. The van der Waals surface area contributed by atoms with Crippen LogP contribution in [0.3, 0.4) is 0 Å². The molecule has 0 aliphatic carbocycles. The Hall–Kier alpha value is -2.79. The second kappa shape index (κ2) is 4.85. The SMILES string of the molecule is O=C1OCC2=C1C(c1ccccc1Cl)c1c(ccc3cn[nH]c13)N2. The molecule has 5 rings (SSSR count). The molecule has 1 aromatic heterocycles. The number of rotatable bonds is 1. The highest BCUT2D eigenvalue weighted by atomic mass is 35.5. The summed E-state index contributed by atoms with van der Waals surface area (Å²) in [5, 5.41) is 12.1. The summed E-state index contributed by atoms with van der Waals surface area (Å²) in [5.74, 6) is -0.589. The summed E-state index contributed by atoms with van der Waals surface area (Å²) < 4.78 is 5.27. The normalized spacial score (nSPS) is 19.0. The highest BCUT2D eigenvalue weighted by Gasteiger charge is 2.40. The number of carbonyl (C=O) groups is 1. The fraction of sp³-hybridized carbons (Fsp3) is 0.111. The number of hydrogen-bond acceptors (Lipinski definition) is 4. The minimum absolute atomic E-state index is 0.259. The average Bonchev–Trinajstić information content (AvgIpc) is 3.20. The largest absolute Gasteiger partial charge is 0.456 e. The van der Waals surface area contributed by atoms with E-state index in [0.717, 1.165) is 33.4 Å². The number of H-pyrrole nitrogens is 1. The average molecular weight is 338 g/mol. The summed E-state index contributed by atoms with van der Waals surface area (Å²) in [7, 11) is 0. The van der Waals surface area contributed by atoms with Crippen LogP contribution >= 0.6 is 11.6 Å². The third kappa shape index (κ3) is 1.76. The van der Waals surface area contributed by atoms with Crippen molar-refractivity contribution in [2.75, 3.05) is 11.9 Å². The molecule has 1 atom stereocenters. The van der Waals surface area contributed by atoms with Gasteiger partial charge in [0.1, 0.15) is 6.61 Å². The topological polar surface area (TPSA) is 67.0 Å². The Morgan fingerprint density at radius 1 is 1.21 bits per heavy atom. The zero-order valence-corrected chi connectivity index (χ0v) is 13.2. The molecule has 6 heteroatoms. The molecule has 0 amide bonds. The van der Waals surface area contributed by atoms with Crippen LogP contribution in [-0.2, 0) is 9.53 Å². The molecule has 24 heavy (non-hydrogen) atoms. The summed E-state index contributed by atoms with van der Waals surface area (Å²) in [6.45, 7) is 0.259. The zero-order chi connectivity index (χ0) is 16.3. The molecule has 3 heterocycles. The van der Waals surface area contributed by atoms with Gasteiger partial charge in [0.25, 0.3) is 0 Å². The smallest absolute Gasteiger partial charge is 0.337 e. The Bertz CT molecular complexity index is 1040. The molecule has 0 radical (unpaired) electrons. The van der Waals surface area contributed by atoms with E-state index in [1.807, 2.05) is 36.4 Å². The lowest BCUT2D eigenvalue weighted by atomic mass is 9.80. The van der Waals surface area contributed by atoms with Crippen LogP contribution in [0.25, 0.3) is 10.9 Å². The van der Waals surface area contributed by atoms with E-state index < -0.39 is 0 Å². The third-order valence-electron chi connectivity index (χ3n) is 4.63. The second-order valence-electron chi connectivity index (χ2n) is 5.91. The summed E-state index contributed by atoms with van der Waals surface area (Å²) >= 11 is 6.47. The number of carbonyl (C=O) groups excluding carboxylic acids is 1. The van der Waals surface area contributed by atoms with Gasteiger partial charge in [0.15, 0.2) is 0 Å². The van der Waals surface area contributed by atoms with E-state index in [1.54, 1.807) is 6.20 Å². The Kier molecular flexibility index (Phi) is 2.76. The number of fused-ring (bicyclic) bond motifs is 3. The number of aromatic nitrogens is 2. The van der Waals surface area contributed by atoms with E-state index in [9.17, 15) is 4.79 Å². The standard InChI is InChI=1S/C18H12ClN3O2/c19-11-4-2-1-3-10(11)14-15-12(6-5-9-7-20-22-17(9)15)21-13-8-24-18(23)16(13)14/h1-7,14,21H,8H2,(H,20,22). The summed E-state index contributed by atoms with van der Waals surface area (Å²) in [6, 6.07) is 11.6. The van der Waals surface area contributed by atoms with Crippen molar-refractivity contribution >= 4 is 34.2 Å². The van der Waals surface area contributed by atoms with Gasteiger partial charge in [0.2, 0.25) is 0 Å². The van der Waals surface area contributed by atoms with E-state index in [0.29, 0.717) is 10.6 Å². The molecular weight excluding hydrogens is 326 g/mol. The van der Waals surface area contributed by atoms with Crippen LogP contribution in [0.1, 0.15) is 17.0 Å². The lowest BCUT2D eigenvalue weighted by Crippen LogP contribution is -2.20. The van der Waals surface area contributed by atoms with Crippen molar-refractivity contribution in [3.05, 3.63) is 70.0 Å². The molecule has 118 valence electrons. The number of aromatic amines is 1. The van der Waals surface area contributed by atoms with Crippen molar-refractivity contribution < 1.29 is 9.53 Å². The Morgan fingerprint density at radius 3 is 2.96 bits per heavy atom. The first kappa shape index (κ1) is 13.6. The Morgan fingerprint density at radius 2 is 2.08 bits per heavy atom. The van der Waals surface area contributed by atoms with Crippen LogP contribution in [0.15, 0.2) is 53.9 Å². The van der Waals surface area contributed by atoms with Gasteiger partial charge >= 0.3 is 5.97 Å². The van der Waals surface area contributed by atoms with E-state index in [4.69, 9.17) is 16.3 Å². The molecule has 2 aromatic carbocycles. The minimum Gasteiger partial charge on any atom is -0.456 e. The van der Waals surface area contributed by atoms with Crippen molar-refractivity contribution in [2.45, 2.75) is 5.92 Å². The first-order chi connectivity index (χ1) is 11.7. The summed E-state index contributed by atoms with van der Waals surface area (Å²) in [5.41, 5.74) is 5.12. The molecule has 5 nitrogen and oxygen atoms in total. The van der Waals surface area contributed by atoms with Gasteiger partial charge in [0.05, 0.1) is 23.0 Å². The number of cyclic esters (lactones) is 1. The molecule has 3 aromatic rings. The van der Waals surface area contributed by atoms with Gasteiger partial charge in [-0.2, -0.15) is 5.10 Å². The quantitative estimate of drug-likeness (QED) is 0.666. The predicted molar refractivity (Wildman–Crippen MR) is 91.0 cm³/mol. The van der Waals surface area contributed by atoms with Gasteiger partial charge in [-0.25, -0.2) is 4.79 Å². The Balaban J connectivity index is 1.86. The van der Waals surface area contributed by atoms with Gasteiger partial charge in [-0.1, -0.05) is 29.8 Å². The lowest BCUT2D eigenvalue weighted by molar-refractivity contribution is -0.136. The maximum absolute atomic E-state index is 12.4. The molecule has 2 aliphatic rings. The zero-order valence-electron chi connectivity index (χ0n) is 12.5. The maximum Gasteiger partial charge on any atom is 0.337 e. The van der Waals surface area contributed by atoms with Crippen LogP contribution in [-0.4, -0.2) is 22.8 Å². The molecule has 2 aliphatic heterocycles. The number of esters is 1. The molecule has 1 unspecified atom stereocenters. The van der Waals surface area contributed by atoms with Crippen molar-refractivity contribution in [1.29, 1.82) is 0 Å². The van der Waals surface area contributed by atoms with E-state index in [2.05, 4.69) is 15.5 Å². The van der Waals surface area contributed by atoms with Gasteiger partial charge in [-0.05, 0) is 23.8 Å². The van der Waals surface area contributed by atoms with Gasteiger partial charge in [0, 0.05) is 27.6 Å². The highest BCUT2D eigenvalue weighted by molar-refractivity contribution is 6.31. The molecule has 0 spiro atoms. The molecule has 0 bridgehead atoms. The van der Waals surface area contributed by atoms with Crippen LogP contribution in [0.2, 0.25) is 5.02 Å².